The monoisotopic (exact) mass is 299 g/mol. The summed E-state index contributed by atoms with van der Waals surface area (Å²) in [6, 6.07) is 11.2. The highest BCUT2D eigenvalue weighted by Gasteiger charge is 2.58. The van der Waals surface area contributed by atoms with Crippen molar-refractivity contribution in [2.45, 2.75) is 44.7 Å². The van der Waals surface area contributed by atoms with Gasteiger partial charge in [0.1, 0.15) is 0 Å². The van der Waals surface area contributed by atoms with E-state index in [1.54, 1.807) is 7.11 Å². The number of methoxy groups -OCH3 is 1. The van der Waals surface area contributed by atoms with E-state index in [0.29, 0.717) is 17.9 Å². The summed E-state index contributed by atoms with van der Waals surface area (Å²) in [6.45, 7) is 0.939. The van der Waals surface area contributed by atoms with Crippen molar-refractivity contribution in [2.24, 2.45) is 23.2 Å². The molecule has 4 aliphatic carbocycles. The molecular formula is C19H25NO2. The number of ether oxygens (including phenoxy) is 1. The van der Waals surface area contributed by atoms with Crippen LogP contribution in [0.2, 0.25) is 0 Å². The molecule has 2 unspecified atom stereocenters. The van der Waals surface area contributed by atoms with Crippen molar-refractivity contribution in [3.05, 3.63) is 35.9 Å². The number of hydrogen-bond acceptors (Lipinski definition) is 3. The molecule has 1 aromatic carbocycles. The summed E-state index contributed by atoms with van der Waals surface area (Å²) in [4.78, 5) is 12.3. The van der Waals surface area contributed by atoms with Crippen molar-refractivity contribution < 1.29 is 9.53 Å². The van der Waals surface area contributed by atoms with Crippen LogP contribution in [-0.2, 0) is 16.1 Å². The normalized spacial score (nSPS) is 39.0. The van der Waals surface area contributed by atoms with Crippen LogP contribution in [0.5, 0.6) is 0 Å². The maximum absolute atomic E-state index is 12.3. The third-order valence-electron chi connectivity index (χ3n) is 6.28. The Bertz CT molecular complexity index is 540. The summed E-state index contributed by atoms with van der Waals surface area (Å²) in [7, 11) is 1.55. The molecule has 0 aliphatic heterocycles. The summed E-state index contributed by atoms with van der Waals surface area (Å²) in [6.07, 6.45) is 5.71. The highest BCUT2D eigenvalue weighted by atomic mass is 16.5. The molecule has 1 N–H and O–H groups in total. The predicted octanol–water partition coefficient (Wildman–Crippen LogP) is 3.14. The minimum absolute atomic E-state index is 0.0495. The van der Waals surface area contributed by atoms with E-state index >= 15 is 0 Å². The average molecular weight is 299 g/mol. The molecule has 4 fully saturated rings. The first-order valence-electron chi connectivity index (χ1n) is 8.56. The number of hydrogen-bond donors (Lipinski definition) is 1. The van der Waals surface area contributed by atoms with E-state index in [-0.39, 0.29) is 11.4 Å². The fourth-order valence-electron chi connectivity index (χ4n) is 5.66. The first kappa shape index (κ1) is 14.3. The highest BCUT2D eigenvalue weighted by molar-refractivity contribution is 5.77. The molecule has 0 radical (unpaired) electrons. The van der Waals surface area contributed by atoms with Gasteiger partial charge in [-0.3, -0.25) is 4.79 Å². The lowest BCUT2D eigenvalue weighted by Crippen LogP contribution is -2.60. The van der Waals surface area contributed by atoms with Gasteiger partial charge < -0.3 is 10.1 Å². The lowest BCUT2D eigenvalue weighted by molar-refractivity contribution is -0.171. The summed E-state index contributed by atoms with van der Waals surface area (Å²) in [5.74, 6) is 2.09. The van der Waals surface area contributed by atoms with Gasteiger partial charge in [-0.25, -0.2) is 0 Å². The molecule has 3 nitrogen and oxygen atoms in total. The number of carbonyl (C=O) groups is 1. The second-order valence-electron chi connectivity index (χ2n) is 7.63. The van der Waals surface area contributed by atoms with Crippen molar-refractivity contribution >= 4 is 5.97 Å². The summed E-state index contributed by atoms with van der Waals surface area (Å²) in [5, 5.41) is 3.80. The Kier molecular flexibility index (Phi) is 3.48. The van der Waals surface area contributed by atoms with E-state index in [2.05, 4.69) is 35.6 Å². The van der Waals surface area contributed by atoms with Crippen molar-refractivity contribution in [1.82, 2.24) is 5.32 Å². The van der Waals surface area contributed by atoms with Crippen LogP contribution in [0.1, 0.15) is 37.7 Å². The van der Waals surface area contributed by atoms with Crippen molar-refractivity contribution in [1.29, 1.82) is 0 Å². The Hall–Kier alpha value is -1.35. The Balaban J connectivity index is 1.48. The Morgan fingerprint density at radius 2 is 1.86 bits per heavy atom. The van der Waals surface area contributed by atoms with Gasteiger partial charge in [-0.1, -0.05) is 30.3 Å². The average Bonchev–Trinajstić information content (AvgIpc) is 2.54. The second-order valence-corrected chi connectivity index (χ2v) is 7.63. The van der Waals surface area contributed by atoms with Gasteiger partial charge >= 0.3 is 5.97 Å². The van der Waals surface area contributed by atoms with E-state index in [4.69, 9.17) is 4.74 Å². The second kappa shape index (κ2) is 5.38. The van der Waals surface area contributed by atoms with Crippen LogP contribution in [0.3, 0.4) is 0 Å². The molecule has 0 aromatic heterocycles. The molecule has 0 saturated heterocycles. The molecule has 4 aliphatic rings. The van der Waals surface area contributed by atoms with Crippen LogP contribution >= 0.6 is 0 Å². The fourth-order valence-corrected chi connectivity index (χ4v) is 5.66. The van der Waals surface area contributed by atoms with Crippen LogP contribution in [0, 0.1) is 23.2 Å². The summed E-state index contributed by atoms with van der Waals surface area (Å²) in [5.41, 5.74) is 1.19. The lowest BCUT2D eigenvalue weighted by atomic mass is 9.48. The van der Waals surface area contributed by atoms with E-state index < -0.39 is 0 Å². The van der Waals surface area contributed by atoms with Crippen LogP contribution in [0.4, 0.5) is 0 Å². The number of benzene rings is 1. The van der Waals surface area contributed by atoms with Crippen molar-refractivity contribution in [3.63, 3.8) is 0 Å². The number of carbonyl (C=O) groups excluding carboxylic acids is 1. The first-order valence-corrected chi connectivity index (χ1v) is 8.56. The van der Waals surface area contributed by atoms with E-state index in [9.17, 15) is 4.79 Å². The molecule has 0 amide bonds. The molecule has 3 heteroatoms. The van der Waals surface area contributed by atoms with Gasteiger partial charge in [0.2, 0.25) is 0 Å². The Labute approximate surface area is 132 Å². The first-order chi connectivity index (χ1) is 10.7. The zero-order valence-electron chi connectivity index (χ0n) is 13.3. The van der Waals surface area contributed by atoms with E-state index in [1.165, 1.54) is 18.4 Å². The molecule has 1 aromatic rings. The summed E-state index contributed by atoms with van der Waals surface area (Å²) >= 11 is 0. The molecule has 4 bridgehead atoms. The molecule has 0 heterocycles. The quantitative estimate of drug-likeness (QED) is 0.868. The van der Waals surface area contributed by atoms with E-state index in [0.717, 1.165) is 31.7 Å². The molecule has 4 saturated carbocycles. The number of rotatable bonds is 4. The third kappa shape index (κ3) is 2.26. The Morgan fingerprint density at radius 1 is 1.18 bits per heavy atom. The predicted molar refractivity (Wildman–Crippen MR) is 85.1 cm³/mol. The van der Waals surface area contributed by atoms with Crippen molar-refractivity contribution in [2.75, 3.05) is 7.11 Å². The third-order valence-corrected chi connectivity index (χ3v) is 6.28. The van der Waals surface area contributed by atoms with E-state index in [1.807, 2.05) is 0 Å². The Morgan fingerprint density at radius 3 is 2.50 bits per heavy atom. The van der Waals surface area contributed by atoms with Gasteiger partial charge in [0.25, 0.3) is 0 Å². The van der Waals surface area contributed by atoms with Gasteiger partial charge in [-0.15, -0.1) is 0 Å². The molecule has 22 heavy (non-hydrogen) atoms. The lowest BCUT2D eigenvalue weighted by Gasteiger charge is -2.58. The van der Waals surface area contributed by atoms with Crippen LogP contribution < -0.4 is 5.32 Å². The minimum atomic E-state index is -0.157. The minimum Gasteiger partial charge on any atom is -0.469 e. The number of nitrogens with one attached hydrogen (secondary N) is 1. The smallest absolute Gasteiger partial charge is 0.311 e. The van der Waals surface area contributed by atoms with Crippen LogP contribution in [0.15, 0.2) is 30.3 Å². The van der Waals surface area contributed by atoms with Gasteiger partial charge in [-0.2, -0.15) is 0 Å². The van der Waals surface area contributed by atoms with Crippen LogP contribution in [0.25, 0.3) is 0 Å². The van der Waals surface area contributed by atoms with Crippen molar-refractivity contribution in [3.8, 4) is 0 Å². The number of esters is 1. The summed E-state index contributed by atoms with van der Waals surface area (Å²) < 4.78 is 5.14. The molecule has 5 atom stereocenters. The fraction of sp³-hybridized carbons (Fsp3) is 0.632. The topological polar surface area (TPSA) is 38.3 Å². The molecule has 118 valence electrons. The highest BCUT2D eigenvalue weighted by Crippen LogP contribution is 2.60. The zero-order valence-corrected chi connectivity index (χ0v) is 13.3. The molecule has 0 spiro atoms. The largest absolute Gasteiger partial charge is 0.469 e. The van der Waals surface area contributed by atoms with Gasteiger partial charge in [-0.05, 0) is 55.4 Å². The maximum Gasteiger partial charge on any atom is 0.311 e. The van der Waals surface area contributed by atoms with Crippen LogP contribution in [-0.4, -0.2) is 19.1 Å². The zero-order chi connectivity index (χ0) is 15.2. The van der Waals surface area contributed by atoms with Gasteiger partial charge in [0, 0.05) is 12.6 Å². The standard InChI is InChI=1S/C19H25NO2/c1-22-18(21)19-9-14-7-15(10-19)17(16(8-14)11-19)20-12-13-5-3-2-4-6-13/h2-6,14-17,20H,7-12H2,1H3/t14?,15-,16+,17?,19-. The maximum atomic E-state index is 12.3. The molecule has 5 rings (SSSR count). The SMILES string of the molecule is COC(=O)[C@]12CC3C[C@H](C1)C(NCc1ccccc1)[C@@H](C3)C2. The van der Waals surface area contributed by atoms with Gasteiger partial charge in [0.15, 0.2) is 0 Å². The van der Waals surface area contributed by atoms with Gasteiger partial charge in [0.05, 0.1) is 12.5 Å². The molecular weight excluding hydrogens is 274 g/mol.